The Morgan fingerprint density at radius 1 is 0.900 bits per heavy atom. The molecule has 0 rings (SSSR count). The Hall–Kier alpha value is -1.21. The van der Waals surface area contributed by atoms with Crippen molar-refractivity contribution in [2.45, 2.75) is 84.0 Å². The third-order valence-corrected chi connectivity index (χ3v) is 3.32. The number of carbonyl (C=O) groups is 1. The Morgan fingerprint density at radius 3 is 2.05 bits per heavy atom. The number of nitrogens with zero attached hydrogens (tertiary/aromatic N) is 1. The van der Waals surface area contributed by atoms with E-state index in [4.69, 9.17) is 0 Å². The summed E-state index contributed by atoms with van der Waals surface area (Å²) in [4.78, 5) is 23.8. The van der Waals surface area contributed by atoms with Gasteiger partial charge in [0.2, 0.25) is 6.08 Å². The normalized spacial score (nSPS) is 10.7. The highest BCUT2D eigenvalue weighted by molar-refractivity contribution is 5.81. The van der Waals surface area contributed by atoms with E-state index in [1.165, 1.54) is 57.4 Å². The van der Waals surface area contributed by atoms with E-state index >= 15 is 0 Å². The lowest BCUT2D eigenvalue weighted by Gasteiger charge is -1.98. The smallest absolute Gasteiger partial charge is 0.256 e. The quantitative estimate of drug-likeness (QED) is 0.204. The molecule has 0 aliphatic heterocycles. The zero-order chi connectivity index (χ0) is 14.9. The van der Waals surface area contributed by atoms with Crippen LogP contribution in [0.25, 0.3) is 0 Å². The van der Waals surface area contributed by atoms with Gasteiger partial charge in [-0.3, -0.25) is 4.79 Å². The first-order valence-corrected chi connectivity index (χ1v) is 8.07. The Morgan fingerprint density at radius 2 is 1.45 bits per heavy atom. The standard InChI is InChI=1S/C17H29NO2/c1-2-3-4-5-6-7-8-9-10-11-12-13-14-15-17(20)18-16-19/h7-8H,2-6,9-15H2,1H3/b8-7-. The molecule has 0 aromatic carbocycles. The zero-order valence-corrected chi connectivity index (χ0v) is 12.9. The molecule has 0 aliphatic rings. The molecule has 114 valence electrons. The summed E-state index contributed by atoms with van der Waals surface area (Å²) in [5, 5.41) is 0. The molecule has 0 spiro atoms. The fourth-order valence-electron chi connectivity index (χ4n) is 2.10. The van der Waals surface area contributed by atoms with Crippen molar-refractivity contribution in [3.8, 4) is 0 Å². The molecule has 0 aromatic rings. The van der Waals surface area contributed by atoms with E-state index in [2.05, 4.69) is 24.1 Å². The fraction of sp³-hybridized carbons (Fsp3) is 0.765. The van der Waals surface area contributed by atoms with Gasteiger partial charge in [-0.25, -0.2) is 4.79 Å². The van der Waals surface area contributed by atoms with Crippen molar-refractivity contribution in [1.82, 2.24) is 0 Å². The summed E-state index contributed by atoms with van der Waals surface area (Å²) in [6.45, 7) is 2.24. The van der Waals surface area contributed by atoms with Gasteiger partial charge in [-0.1, -0.05) is 57.6 Å². The number of rotatable bonds is 13. The lowest BCUT2D eigenvalue weighted by Crippen LogP contribution is -1.92. The van der Waals surface area contributed by atoms with Gasteiger partial charge in [0.15, 0.2) is 0 Å². The van der Waals surface area contributed by atoms with Crippen molar-refractivity contribution in [2.24, 2.45) is 4.99 Å². The first-order chi connectivity index (χ1) is 9.81. The van der Waals surface area contributed by atoms with Crippen LogP contribution >= 0.6 is 0 Å². The molecule has 3 nitrogen and oxygen atoms in total. The second kappa shape index (κ2) is 15.8. The third-order valence-electron chi connectivity index (χ3n) is 3.32. The maximum Gasteiger partial charge on any atom is 0.256 e. The molecular weight excluding hydrogens is 250 g/mol. The largest absolute Gasteiger partial charge is 0.272 e. The minimum absolute atomic E-state index is 0.342. The van der Waals surface area contributed by atoms with Crippen LogP contribution in [-0.4, -0.2) is 12.0 Å². The van der Waals surface area contributed by atoms with Crippen molar-refractivity contribution in [3.05, 3.63) is 12.2 Å². The molecule has 3 heteroatoms. The SMILES string of the molecule is CCCCCC/C=C\CCCCCCCC(=O)N=C=O. The monoisotopic (exact) mass is 279 g/mol. The Bertz CT molecular complexity index is 304. The van der Waals surface area contributed by atoms with E-state index in [9.17, 15) is 9.59 Å². The first kappa shape index (κ1) is 18.8. The molecule has 0 aliphatic carbocycles. The summed E-state index contributed by atoms with van der Waals surface area (Å²) in [7, 11) is 0. The van der Waals surface area contributed by atoms with Gasteiger partial charge in [-0.05, 0) is 32.1 Å². The number of hydrogen-bond acceptors (Lipinski definition) is 2. The summed E-state index contributed by atoms with van der Waals surface area (Å²) in [6.07, 6.45) is 19.5. The number of aliphatic imine (C=N–C) groups is 1. The minimum Gasteiger partial charge on any atom is -0.272 e. The molecule has 0 fully saturated rings. The molecule has 20 heavy (non-hydrogen) atoms. The topological polar surface area (TPSA) is 46.5 Å². The lowest BCUT2D eigenvalue weighted by molar-refractivity contribution is -0.117. The number of unbranched alkanes of at least 4 members (excludes halogenated alkanes) is 9. The molecule has 0 atom stereocenters. The Kier molecular flexibility index (Phi) is 14.9. The number of carbonyl (C=O) groups excluding carboxylic acids is 2. The zero-order valence-electron chi connectivity index (χ0n) is 12.9. The number of hydrogen-bond donors (Lipinski definition) is 0. The van der Waals surface area contributed by atoms with Crippen molar-refractivity contribution < 1.29 is 9.59 Å². The van der Waals surface area contributed by atoms with Crippen LogP contribution in [0.1, 0.15) is 84.0 Å². The number of allylic oxidation sites excluding steroid dienone is 2. The highest BCUT2D eigenvalue weighted by Gasteiger charge is 1.97. The summed E-state index contributed by atoms with van der Waals surface area (Å²) in [5.41, 5.74) is 0. The summed E-state index contributed by atoms with van der Waals surface area (Å²) in [6, 6.07) is 0. The molecule has 0 saturated carbocycles. The van der Waals surface area contributed by atoms with Crippen molar-refractivity contribution in [1.29, 1.82) is 0 Å². The second-order valence-electron chi connectivity index (χ2n) is 5.22. The van der Waals surface area contributed by atoms with Crippen molar-refractivity contribution >= 4 is 12.0 Å². The van der Waals surface area contributed by atoms with E-state index in [1.807, 2.05) is 0 Å². The highest BCUT2D eigenvalue weighted by atomic mass is 16.2. The van der Waals surface area contributed by atoms with Gasteiger partial charge in [-0.2, -0.15) is 0 Å². The van der Waals surface area contributed by atoms with Crippen LogP contribution in [0.3, 0.4) is 0 Å². The average molecular weight is 279 g/mol. The summed E-state index contributed by atoms with van der Waals surface area (Å²) in [5.74, 6) is -0.342. The molecule has 0 radical (unpaired) electrons. The molecule has 0 saturated heterocycles. The minimum atomic E-state index is -0.342. The molecule has 0 unspecified atom stereocenters. The average Bonchev–Trinajstić information content (AvgIpc) is 2.44. The highest BCUT2D eigenvalue weighted by Crippen LogP contribution is 2.09. The lowest BCUT2D eigenvalue weighted by atomic mass is 10.1. The molecule has 1 amide bonds. The van der Waals surface area contributed by atoms with Crippen LogP contribution in [0.5, 0.6) is 0 Å². The van der Waals surface area contributed by atoms with E-state index < -0.39 is 0 Å². The van der Waals surface area contributed by atoms with Crippen LogP contribution in [0, 0.1) is 0 Å². The van der Waals surface area contributed by atoms with Gasteiger partial charge >= 0.3 is 0 Å². The predicted octanol–water partition coefficient (Wildman–Crippen LogP) is 5.11. The molecule has 0 bridgehead atoms. The Balaban J connectivity index is 3.18. The maximum atomic E-state index is 10.9. The summed E-state index contributed by atoms with van der Waals surface area (Å²) < 4.78 is 0. The van der Waals surface area contributed by atoms with Gasteiger partial charge in [0.25, 0.3) is 5.91 Å². The van der Waals surface area contributed by atoms with Crippen LogP contribution in [0.15, 0.2) is 17.1 Å². The van der Waals surface area contributed by atoms with Gasteiger partial charge in [0, 0.05) is 6.42 Å². The Labute approximate surface area is 123 Å². The maximum absolute atomic E-state index is 10.9. The first-order valence-electron chi connectivity index (χ1n) is 8.07. The van der Waals surface area contributed by atoms with Gasteiger partial charge in [0.05, 0.1) is 0 Å². The van der Waals surface area contributed by atoms with Crippen molar-refractivity contribution in [2.75, 3.05) is 0 Å². The van der Waals surface area contributed by atoms with E-state index in [-0.39, 0.29) is 5.91 Å². The molecular formula is C17H29NO2. The fourth-order valence-corrected chi connectivity index (χ4v) is 2.10. The van der Waals surface area contributed by atoms with Crippen LogP contribution in [0.4, 0.5) is 0 Å². The number of isocyanates is 1. The van der Waals surface area contributed by atoms with Crippen LogP contribution in [-0.2, 0) is 9.59 Å². The third kappa shape index (κ3) is 14.8. The van der Waals surface area contributed by atoms with E-state index in [1.54, 1.807) is 0 Å². The van der Waals surface area contributed by atoms with Crippen molar-refractivity contribution in [3.63, 3.8) is 0 Å². The predicted molar refractivity (Wildman–Crippen MR) is 83.3 cm³/mol. The molecule has 0 heterocycles. The second-order valence-corrected chi connectivity index (χ2v) is 5.22. The van der Waals surface area contributed by atoms with Gasteiger partial charge in [-0.15, -0.1) is 4.99 Å². The van der Waals surface area contributed by atoms with Gasteiger partial charge < -0.3 is 0 Å². The van der Waals surface area contributed by atoms with E-state index in [0.717, 1.165) is 19.3 Å². The van der Waals surface area contributed by atoms with Gasteiger partial charge in [0.1, 0.15) is 0 Å². The van der Waals surface area contributed by atoms with Crippen LogP contribution < -0.4 is 0 Å². The van der Waals surface area contributed by atoms with Crippen LogP contribution in [0.2, 0.25) is 0 Å². The molecule has 0 aromatic heterocycles. The molecule has 0 N–H and O–H groups in total. The van der Waals surface area contributed by atoms with E-state index in [0.29, 0.717) is 6.42 Å². The number of amides is 1. The summed E-state index contributed by atoms with van der Waals surface area (Å²) >= 11 is 0.